The maximum absolute atomic E-state index is 13.0. The number of carbonyl (C=O) groups excluding carboxylic acids is 1. The number of thiazole rings is 1. The van der Waals surface area contributed by atoms with Gasteiger partial charge in [0.25, 0.3) is 0 Å². The molecule has 1 aromatic carbocycles. The number of piperidine rings is 1. The molecule has 0 saturated carbocycles. The van der Waals surface area contributed by atoms with E-state index in [0.717, 1.165) is 53.1 Å². The monoisotopic (exact) mass is 352 g/mol. The molecule has 2 amide bonds. The van der Waals surface area contributed by atoms with Crippen LogP contribution in [0.3, 0.4) is 0 Å². The second-order valence-electron chi connectivity index (χ2n) is 6.33. The van der Waals surface area contributed by atoms with Crippen LogP contribution in [0.4, 0.5) is 10.5 Å². The number of pyridine rings is 1. The van der Waals surface area contributed by atoms with Gasteiger partial charge in [-0.3, -0.25) is 4.98 Å². The number of fused-ring (bicyclic) bond motifs is 1. The molecule has 0 bridgehead atoms. The number of nitrogens with zero attached hydrogens (tertiary/aromatic N) is 3. The van der Waals surface area contributed by atoms with Crippen molar-refractivity contribution < 1.29 is 4.79 Å². The van der Waals surface area contributed by atoms with Crippen molar-refractivity contribution in [1.82, 2.24) is 14.9 Å². The number of hydrogen-bond acceptors (Lipinski definition) is 4. The largest absolute Gasteiger partial charge is 0.322 e. The van der Waals surface area contributed by atoms with E-state index >= 15 is 0 Å². The number of amides is 2. The number of urea groups is 1. The van der Waals surface area contributed by atoms with Crippen molar-refractivity contribution in [3.05, 3.63) is 52.6 Å². The number of rotatable bonds is 2. The Kier molecular flexibility index (Phi) is 4.36. The molecular formula is C19H20N4OS. The van der Waals surface area contributed by atoms with Gasteiger partial charge in [0.15, 0.2) is 0 Å². The van der Waals surface area contributed by atoms with E-state index in [1.807, 2.05) is 53.7 Å². The number of aromatic nitrogens is 2. The highest BCUT2D eigenvalue weighted by atomic mass is 32.1. The first-order valence-electron chi connectivity index (χ1n) is 8.56. The molecular weight excluding hydrogens is 332 g/mol. The minimum Gasteiger partial charge on any atom is -0.315 e. The van der Waals surface area contributed by atoms with Gasteiger partial charge in [-0.25, -0.2) is 9.78 Å². The van der Waals surface area contributed by atoms with Gasteiger partial charge in [0.1, 0.15) is 5.01 Å². The van der Waals surface area contributed by atoms with Crippen molar-refractivity contribution in [2.45, 2.75) is 32.2 Å². The van der Waals surface area contributed by atoms with Gasteiger partial charge in [-0.1, -0.05) is 6.07 Å². The van der Waals surface area contributed by atoms with E-state index < -0.39 is 0 Å². The molecule has 128 valence electrons. The second kappa shape index (κ2) is 6.80. The third kappa shape index (κ3) is 3.22. The van der Waals surface area contributed by atoms with Gasteiger partial charge in [0.05, 0.1) is 17.2 Å². The normalized spacial score (nSPS) is 17.6. The summed E-state index contributed by atoms with van der Waals surface area (Å²) in [5.41, 5.74) is 2.67. The van der Waals surface area contributed by atoms with Crippen LogP contribution in [-0.2, 0) is 0 Å². The molecule has 1 N–H and O–H groups in total. The summed E-state index contributed by atoms with van der Waals surface area (Å²) in [7, 11) is 0. The molecule has 5 nitrogen and oxygen atoms in total. The summed E-state index contributed by atoms with van der Waals surface area (Å²) >= 11 is 1.62. The highest BCUT2D eigenvalue weighted by molar-refractivity contribution is 7.09. The fourth-order valence-electron chi connectivity index (χ4n) is 3.38. The van der Waals surface area contributed by atoms with Crippen LogP contribution in [0.5, 0.6) is 0 Å². The lowest BCUT2D eigenvalue weighted by atomic mass is 10.0. The number of likely N-dealkylation sites (tertiary alicyclic amines) is 1. The summed E-state index contributed by atoms with van der Waals surface area (Å²) < 4.78 is 0. The molecule has 1 atom stereocenters. The van der Waals surface area contributed by atoms with Gasteiger partial charge in [-0.2, -0.15) is 0 Å². The number of benzene rings is 1. The van der Waals surface area contributed by atoms with Crippen LogP contribution < -0.4 is 5.32 Å². The Bertz CT molecular complexity index is 894. The van der Waals surface area contributed by atoms with Crippen molar-refractivity contribution in [2.75, 3.05) is 11.9 Å². The highest BCUT2D eigenvalue weighted by Gasteiger charge is 2.29. The molecule has 0 aliphatic carbocycles. The summed E-state index contributed by atoms with van der Waals surface area (Å²) in [4.78, 5) is 23.8. The third-order valence-electron chi connectivity index (χ3n) is 4.61. The van der Waals surface area contributed by atoms with E-state index in [1.54, 1.807) is 11.3 Å². The Morgan fingerprint density at radius 1 is 1.28 bits per heavy atom. The molecule has 1 aliphatic rings. The minimum absolute atomic E-state index is 0.0621. The second-order valence-corrected chi connectivity index (χ2v) is 7.26. The summed E-state index contributed by atoms with van der Waals surface area (Å²) in [5.74, 6) is 0. The van der Waals surface area contributed by atoms with Gasteiger partial charge < -0.3 is 10.2 Å². The van der Waals surface area contributed by atoms with Crippen molar-refractivity contribution in [3.63, 3.8) is 0 Å². The van der Waals surface area contributed by atoms with Crippen molar-refractivity contribution >= 4 is 34.0 Å². The molecule has 6 heteroatoms. The number of hydrogen-bond donors (Lipinski definition) is 1. The Hall–Kier alpha value is -2.47. The van der Waals surface area contributed by atoms with E-state index in [4.69, 9.17) is 0 Å². The highest BCUT2D eigenvalue weighted by Crippen LogP contribution is 2.33. The van der Waals surface area contributed by atoms with Crippen molar-refractivity contribution in [2.24, 2.45) is 0 Å². The fraction of sp³-hybridized carbons (Fsp3) is 0.316. The Labute approximate surface area is 150 Å². The zero-order valence-electron chi connectivity index (χ0n) is 14.1. The molecule has 25 heavy (non-hydrogen) atoms. The van der Waals surface area contributed by atoms with Gasteiger partial charge in [-0.15, -0.1) is 11.3 Å². The first-order valence-corrected chi connectivity index (χ1v) is 9.44. The SMILES string of the molecule is Cc1ccc2c(NC(=O)N3CCCCC3c3nccs3)cccc2n1. The first-order chi connectivity index (χ1) is 12.2. The zero-order valence-corrected chi connectivity index (χ0v) is 14.9. The summed E-state index contributed by atoms with van der Waals surface area (Å²) in [5, 5.41) is 7.04. The van der Waals surface area contributed by atoms with E-state index in [1.165, 1.54) is 0 Å². The average Bonchev–Trinajstić information content (AvgIpc) is 3.16. The number of anilines is 1. The van der Waals surface area contributed by atoms with Gasteiger partial charge in [-0.05, 0) is 50.5 Å². The predicted molar refractivity (Wildman–Crippen MR) is 101 cm³/mol. The molecule has 1 aliphatic heterocycles. The van der Waals surface area contributed by atoms with Crippen LogP contribution in [0.25, 0.3) is 10.9 Å². The maximum atomic E-state index is 13.0. The third-order valence-corrected chi connectivity index (χ3v) is 5.49. The van der Waals surface area contributed by atoms with E-state index in [9.17, 15) is 4.79 Å². The minimum atomic E-state index is -0.0621. The van der Waals surface area contributed by atoms with Crippen molar-refractivity contribution in [1.29, 1.82) is 0 Å². The quantitative estimate of drug-likeness (QED) is 0.723. The molecule has 0 radical (unpaired) electrons. The summed E-state index contributed by atoms with van der Waals surface area (Å²) in [6.07, 6.45) is 4.94. The van der Waals surface area contributed by atoms with Gasteiger partial charge >= 0.3 is 6.03 Å². The van der Waals surface area contributed by atoms with Crippen LogP contribution in [0.15, 0.2) is 41.9 Å². The molecule has 3 heterocycles. The molecule has 0 spiro atoms. The molecule has 2 aromatic heterocycles. The predicted octanol–water partition coefficient (Wildman–Crippen LogP) is 4.76. The smallest absolute Gasteiger partial charge is 0.315 e. The van der Waals surface area contributed by atoms with E-state index in [0.29, 0.717) is 0 Å². The molecule has 1 saturated heterocycles. The van der Waals surface area contributed by atoms with Crippen LogP contribution in [0, 0.1) is 6.92 Å². The zero-order chi connectivity index (χ0) is 17.2. The molecule has 4 rings (SSSR count). The van der Waals surface area contributed by atoms with Gasteiger partial charge in [0, 0.05) is 29.2 Å². The molecule has 1 unspecified atom stereocenters. The fourth-order valence-corrected chi connectivity index (χ4v) is 4.17. The molecule has 1 fully saturated rings. The van der Waals surface area contributed by atoms with Crippen LogP contribution >= 0.6 is 11.3 Å². The number of carbonyl (C=O) groups is 1. The average molecular weight is 352 g/mol. The lowest BCUT2D eigenvalue weighted by molar-refractivity contribution is 0.163. The topological polar surface area (TPSA) is 58.1 Å². The standard InChI is InChI=1S/C19H20N4OS/c1-13-8-9-14-15(21-13)5-4-6-16(14)22-19(24)23-11-3-2-7-17(23)18-20-10-12-25-18/h4-6,8-10,12,17H,2-3,7,11H2,1H3,(H,22,24). The van der Waals surface area contributed by atoms with E-state index in [2.05, 4.69) is 15.3 Å². The number of nitrogens with one attached hydrogen (secondary N) is 1. The lowest BCUT2D eigenvalue weighted by Gasteiger charge is -2.34. The van der Waals surface area contributed by atoms with Gasteiger partial charge in [0.2, 0.25) is 0 Å². The van der Waals surface area contributed by atoms with Crippen LogP contribution in [0.2, 0.25) is 0 Å². The Morgan fingerprint density at radius 3 is 3.04 bits per heavy atom. The summed E-state index contributed by atoms with van der Waals surface area (Å²) in [6, 6.07) is 9.83. The van der Waals surface area contributed by atoms with Crippen LogP contribution in [0.1, 0.15) is 36.0 Å². The lowest BCUT2D eigenvalue weighted by Crippen LogP contribution is -2.41. The van der Waals surface area contributed by atoms with Crippen LogP contribution in [-0.4, -0.2) is 27.4 Å². The maximum Gasteiger partial charge on any atom is 0.322 e. The summed E-state index contributed by atoms with van der Waals surface area (Å²) in [6.45, 7) is 2.73. The van der Waals surface area contributed by atoms with E-state index in [-0.39, 0.29) is 12.1 Å². The molecule has 3 aromatic rings. The first kappa shape index (κ1) is 16.0. The number of aryl methyl sites for hydroxylation is 1. The van der Waals surface area contributed by atoms with Crippen molar-refractivity contribution in [3.8, 4) is 0 Å². The Morgan fingerprint density at radius 2 is 2.20 bits per heavy atom. The Balaban J connectivity index is 1.61.